The van der Waals surface area contributed by atoms with E-state index in [0.717, 1.165) is 6.26 Å². The van der Waals surface area contributed by atoms with Gasteiger partial charge in [-0.3, -0.25) is 8.98 Å². The molecule has 0 aliphatic rings. The highest BCUT2D eigenvalue weighted by molar-refractivity contribution is 7.86. The summed E-state index contributed by atoms with van der Waals surface area (Å²) < 4.78 is 37.8. The fourth-order valence-electron chi connectivity index (χ4n) is 1.97. The van der Waals surface area contributed by atoms with Crippen molar-refractivity contribution in [3.8, 4) is 0 Å². The van der Waals surface area contributed by atoms with Crippen molar-refractivity contribution >= 4 is 16.1 Å². The standard InChI is InChI=1S/C14H20O6S/c1-18-10-9-12(14(15)19-2)13(20-21(3,16)17)11-7-5-4-6-8-11/h4-8,12-13H,9-10H2,1-3H3. The fraction of sp³-hybridized carbons (Fsp3) is 0.500. The molecule has 0 N–H and O–H groups in total. The SMILES string of the molecule is COCCC(C(=O)OC)C(OS(C)(=O)=O)c1ccccc1. The van der Waals surface area contributed by atoms with Crippen molar-refractivity contribution < 1.29 is 26.9 Å². The third-order valence-corrected chi connectivity index (χ3v) is 3.47. The molecule has 1 aromatic carbocycles. The quantitative estimate of drug-likeness (QED) is 0.534. The second-order valence-corrected chi connectivity index (χ2v) is 6.14. The first-order chi connectivity index (χ1) is 9.89. The first-order valence-corrected chi connectivity index (χ1v) is 8.20. The summed E-state index contributed by atoms with van der Waals surface area (Å²) in [6, 6.07) is 8.71. The summed E-state index contributed by atoms with van der Waals surface area (Å²) in [6.45, 7) is 0.288. The molecule has 0 saturated carbocycles. The van der Waals surface area contributed by atoms with Crippen molar-refractivity contribution in [1.82, 2.24) is 0 Å². The summed E-state index contributed by atoms with van der Waals surface area (Å²) in [5.41, 5.74) is 0.592. The molecule has 0 radical (unpaired) electrons. The second-order valence-electron chi connectivity index (χ2n) is 4.54. The van der Waals surface area contributed by atoms with E-state index in [9.17, 15) is 13.2 Å². The zero-order valence-electron chi connectivity index (χ0n) is 12.3. The van der Waals surface area contributed by atoms with Gasteiger partial charge in [0.25, 0.3) is 10.1 Å². The Morgan fingerprint density at radius 3 is 2.29 bits per heavy atom. The van der Waals surface area contributed by atoms with Crippen LogP contribution in [0.5, 0.6) is 0 Å². The molecule has 0 amide bonds. The Morgan fingerprint density at radius 1 is 1.19 bits per heavy atom. The van der Waals surface area contributed by atoms with Gasteiger partial charge in [0.15, 0.2) is 0 Å². The van der Waals surface area contributed by atoms with Gasteiger partial charge >= 0.3 is 5.97 Å². The van der Waals surface area contributed by atoms with Crippen LogP contribution in [0.3, 0.4) is 0 Å². The Hall–Kier alpha value is -1.44. The largest absolute Gasteiger partial charge is 0.469 e. The number of esters is 1. The molecular weight excluding hydrogens is 296 g/mol. The third kappa shape index (κ3) is 5.82. The van der Waals surface area contributed by atoms with Crippen molar-refractivity contribution in [2.75, 3.05) is 27.1 Å². The van der Waals surface area contributed by atoms with Crippen LogP contribution in [0, 0.1) is 5.92 Å². The van der Waals surface area contributed by atoms with Crippen LogP contribution in [0.1, 0.15) is 18.1 Å². The fourth-order valence-corrected chi connectivity index (χ4v) is 2.60. The van der Waals surface area contributed by atoms with Crippen LogP contribution in [0.4, 0.5) is 0 Å². The number of rotatable bonds is 8. The summed E-state index contributed by atoms with van der Waals surface area (Å²) in [7, 11) is -0.974. The van der Waals surface area contributed by atoms with Crippen LogP contribution in [-0.2, 0) is 28.6 Å². The molecule has 0 fully saturated rings. The van der Waals surface area contributed by atoms with Gasteiger partial charge in [0, 0.05) is 13.7 Å². The van der Waals surface area contributed by atoms with Crippen molar-refractivity contribution in [2.24, 2.45) is 5.92 Å². The van der Waals surface area contributed by atoms with Crippen molar-refractivity contribution in [3.05, 3.63) is 35.9 Å². The van der Waals surface area contributed by atoms with E-state index in [4.69, 9.17) is 13.7 Å². The topological polar surface area (TPSA) is 78.9 Å². The van der Waals surface area contributed by atoms with Gasteiger partial charge in [-0.25, -0.2) is 0 Å². The summed E-state index contributed by atoms with van der Waals surface area (Å²) in [6.07, 6.45) is 0.301. The molecule has 2 unspecified atom stereocenters. The maximum absolute atomic E-state index is 12.0. The minimum atomic E-state index is -3.73. The lowest BCUT2D eigenvalue weighted by Gasteiger charge is -2.24. The van der Waals surface area contributed by atoms with Crippen LogP contribution >= 0.6 is 0 Å². The Morgan fingerprint density at radius 2 is 1.81 bits per heavy atom. The zero-order chi connectivity index (χ0) is 15.9. The van der Waals surface area contributed by atoms with E-state index in [2.05, 4.69) is 0 Å². The maximum Gasteiger partial charge on any atom is 0.311 e. The van der Waals surface area contributed by atoms with Gasteiger partial charge in [0.1, 0.15) is 6.10 Å². The molecule has 0 saturated heterocycles. The predicted molar refractivity (Wildman–Crippen MR) is 77.1 cm³/mol. The van der Waals surface area contributed by atoms with Gasteiger partial charge in [0.2, 0.25) is 0 Å². The molecule has 7 heteroatoms. The number of hydrogen-bond donors (Lipinski definition) is 0. The van der Waals surface area contributed by atoms with Gasteiger partial charge in [-0.2, -0.15) is 8.42 Å². The third-order valence-electron chi connectivity index (χ3n) is 2.91. The van der Waals surface area contributed by atoms with Gasteiger partial charge in [-0.05, 0) is 12.0 Å². The number of ether oxygens (including phenoxy) is 2. The lowest BCUT2D eigenvalue weighted by molar-refractivity contribution is -0.149. The summed E-state index contributed by atoms with van der Waals surface area (Å²) in [4.78, 5) is 12.0. The molecule has 6 nitrogen and oxygen atoms in total. The van der Waals surface area contributed by atoms with Gasteiger partial charge in [0.05, 0.1) is 19.3 Å². The average molecular weight is 316 g/mol. The molecule has 0 bridgehead atoms. The molecule has 0 spiro atoms. The smallest absolute Gasteiger partial charge is 0.311 e. The van der Waals surface area contributed by atoms with E-state index in [0.29, 0.717) is 5.56 Å². The number of benzene rings is 1. The second kappa shape index (κ2) is 8.11. The van der Waals surface area contributed by atoms with E-state index in [1.807, 2.05) is 0 Å². The molecule has 0 heterocycles. The highest BCUT2D eigenvalue weighted by Gasteiger charge is 2.33. The van der Waals surface area contributed by atoms with E-state index < -0.39 is 28.1 Å². The minimum absolute atomic E-state index is 0.288. The first kappa shape index (κ1) is 17.6. The van der Waals surface area contributed by atoms with Crippen molar-refractivity contribution in [2.45, 2.75) is 12.5 Å². The Kier molecular flexibility index (Phi) is 6.80. The molecule has 0 aromatic heterocycles. The molecule has 0 aliphatic heterocycles. The summed E-state index contributed by atoms with van der Waals surface area (Å²) >= 11 is 0. The maximum atomic E-state index is 12.0. The monoisotopic (exact) mass is 316 g/mol. The lowest BCUT2D eigenvalue weighted by atomic mass is 9.93. The minimum Gasteiger partial charge on any atom is -0.469 e. The van der Waals surface area contributed by atoms with Gasteiger partial charge in [-0.15, -0.1) is 0 Å². The summed E-state index contributed by atoms with van der Waals surface area (Å²) in [5, 5.41) is 0. The van der Waals surface area contributed by atoms with Gasteiger partial charge in [-0.1, -0.05) is 30.3 Å². The van der Waals surface area contributed by atoms with Crippen LogP contribution < -0.4 is 0 Å². The molecule has 2 atom stereocenters. The van der Waals surface area contributed by atoms with Crippen molar-refractivity contribution in [1.29, 1.82) is 0 Å². The van der Waals surface area contributed by atoms with Crippen LogP contribution in [0.15, 0.2) is 30.3 Å². The summed E-state index contributed by atoms with van der Waals surface area (Å²) in [5.74, 6) is -1.31. The molecule has 1 rings (SSSR count). The molecule has 0 aliphatic carbocycles. The highest BCUT2D eigenvalue weighted by atomic mass is 32.2. The van der Waals surface area contributed by atoms with Gasteiger partial charge < -0.3 is 9.47 Å². The lowest BCUT2D eigenvalue weighted by Crippen LogP contribution is -2.28. The number of carbonyl (C=O) groups is 1. The Labute approximate surface area is 125 Å². The van der Waals surface area contributed by atoms with Crippen LogP contribution in [-0.4, -0.2) is 41.5 Å². The van der Waals surface area contributed by atoms with Crippen LogP contribution in [0.2, 0.25) is 0 Å². The predicted octanol–water partition coefficient (Wildman–Crippen LogP) is 1.53. The number of carbonyl (C=O) groups excluding carboxylic acids is 1. The molecule has 21 heavy (non-hydrogen) atoms. The molecular formula is C14H20O6S. The first-order valence-electron chi connectivity index (χ1n) is 6.39. The van der Waals surface area contributed by atoms with E-state index in [1.54, 1.807) is 30.3 Å². The van der Waals surface area contributed by atoms with Crippen molar-refractivity contribution in [3.63, 3.8) is 0 Å². The van der Waals surface area contributed by atoms with E-state index in [-0.39, 0.29) is 13.0 Å². The normalized spacial score (nSPS) is 14.4. The highest BCUT2D eigenvalue weighted by Crippen LogP contribution is 2.31. The van der Waals surface area contributed by atoms with Crippen LogP contribution in [0.25, 0.3) is 0 Å². The Balaban J connectivity index is 3.14. The van der Waals surface area contributed by atoms with E-state index in [1.165, 1.54) is 14.2 Å². The molecule has 1 aromatic rings. The Bertz CT molecular complexity index is 540. The number of hydrogen-bond acceptors (Lipinski definition) is 6. The van der Waals surface area contributed by atoms with E-state index >= 15 is 0 Å². The zero-order valence-corrected chi connectivity index (χ0v) is 13.1. The molecule has 118 valence electrons. The number of methoxy groups -OCH3 is 2. The average Bonchev–Trinajstić information content (AvgIpc) is 2.45.